The second kappa shape index (κ2) is 5.14. The molecule has 3 N–H and O–H groups in total. The van der Waals surface area contributed by atoms with Crippen LogP contribution >= 0.6 is 11.8 Å². The highest BCUT2D eigenvalue weighted by Gasteiger charge is 2.32. The average Bonchev–Trinajstić information content (AvgIpc) is 2.96. The minimum atomic E-state index is -3.88. The first kappa shape index (κ1) is 14.4. The van der Waals surface area contributed by atoms with Gasteiger partial charge in [-0.3, -0.25) is 5.10 Å². The lowest BCUT2D eigenvalue weighted by molar-refractivity contribution is 0.0692. The van der Waals surface area contributed by atoms with E-state index in [0.717, 1.165) is 24.8 Å². The number of rotatable bonds is 5. The number of sulfonamides is 1. The number of nitrogens with zero attached hydrogens (tertiary/aromatic N) is 1. The Morgan fingerprint density at radius 1 is 1.68 bits per heavy atom. The molecule has 19 heavy (non-hydrogen) atoms. The summed E-state index contributed by atoms with van der Waals surface area (Å²) < 4.78 is 26.5. The van der Waals surface area contributed by atoms with Crippen molar-refractivity contribution in [2.45, 2.75) is 29.5 Å². The Kier molecular flexibility index (Phi) is 3.88. The van der Waals surface area contributed by atoms with Gasteiger partial charge in [0.25, 0.3) is 10.0 Å². The number of nitrogens with one attached hydrogen (secondary N) is 2. The highest BCUT2D eigenvalue weighted by atomic mass is 32.2. The Morgan fingerprint density at radius 2 is 2.42 bits per heavy atom. The summed E-state index contributed by atoms with van der Waals surface area (Å²) in [6.07, 6.45) is 2.99. The van der Waals surface area contributed by atoms with Crippen LogP contribution in [0.2, 0.25) is 0 Å². The van der Waals surface area contributed by atoms with Gasteiger partial charge in [0.05, 0.1) is 6.20 Å². The van der Waals surface area contributed by atoms with Crippen LogP contribution in [-0.4, -0.2) is 46.7 Å². The molecule has 0 amide bonds. The molecule has 2 heterocycles. The Bertz CT molecular complexity index is 575. The van der Waals surface area contributed by atoms with E-state index in [1.54, 1.807) is 11.8 Å². The number of aromatic amines is 1. The van der Waals surface area contributed by atoms with E-state index in [-0.39, 0.29) is 16.9 Å². The number of hydrogen-bond donors (Lipinski definition) is 3. The molecule has 106 valence electrons. The van der Waals surface area contributed by atoms with Crippen LogP contribution in [0.3, 0.4) is 0 Å². The van der Waals surface area contributed by atoms with Crippen LogP contribution in [0, 0.1) is 0 Å². The van der Waals surface area contributed by atoms with Crippen LogP contribution in [0.5, 0.6) is 0 Å². The molecule has 1 aromatic heterocycles. The van der Waals surface area contributed by atoms with E-state index in [0.29, 0.717) is 0 Å². The Balaban J connectivity index is 2.14. The van der Waals surface area contributed by atoms with Gasteiger partial charge in [0, 0.05) is 11.3 Å². The van der Waals surface area contributed by atoms with Gasteiger partial charge in [-0.2, -0.15) is 16.9 Å². The number of hydrogen-bond acceptors (Lipinski definition) is 5. The van der Waals surface area contributed by atoms with Gasteiger partial charge in [-0.05, 0) is 25.5 Å². The molecule has 0 spiro atoms. The Hall–Kier alpha value is -1.06. The van der Waals surface area contributed by atoms with Gasteiger partial charge in [-0.15, -0.1) is 0 Å². The van der Waals surface area contributed by atoms with Gasteiger partial charge >= 0.3 is 5.97 Å². The molecule has 0 aromatic carbocycles. The SMILES string of the molecule is CC1(CNS(=O)(=O)c2[nH]ncc2C(=O)O)CCCS1. The van der Waals surface area contributed by atoms with Crippen molar-refractivity contribution in [2.75, 3.05) is 12.3 Å². The molecule has 1 aliphatic heterocycles. The first-order chi connectivity index (χ1) is 8.84. The molecule has 9 heteroatoms. The number of carboxylic acid groups (broad SMARTS) is 1. The highest BCUT2D eigenvalue weighted by molar-refractivity contribution is 8.01. The van der Waals surface area contributed by atoms with Crippen LogP contribution in [0.1, 0.15) is 30.1 Å². The van der Waals surface area contributed by atoms with Crippen LogP contribution < -0.4 is 4.72 Å². The lowest BCUT2D eigenvalue weighted by Gasteiger charge is -2.22. The predicted molar refractivity (Wildman–Crippen MR) is 70.8 cm³/mol. The smallest absolute Gasteiger partial charge is 0.340 e. The molecule has 1 aliphatic rings. The molecule has 0 aliphatic carbocycles. The zero-order valence-electron chi connectivity index (χ0n) is 10.3. The van der Waals surface area contributed by atoms with Crippen molar-refractivity contribution in [1.29, 1.82) is 0 Å². The molecule has 0 bridgehead atoms. The number of thioether (sulfide) groups is 1. The van der Waals surface area contributed by atoms with Crippen molar-refractivity contribution in [3.8, 4) is 0 Å². The largest absolute Gasteiger partial charge is 0.478 e. The van der Waals surface area contributed by atoms with E-state index in [4.69, 9.17) is 5.11 Å². The minimum absolute atomic E-state index is 0.128. The van der Waals surface area contributed by atoms with Crippen molar-refractivity contribution in [1.82, 2.24) is 14.9 Å². The highest BCUT2D eigenvalue weighted by Crippen LogP contribution is 2.37. The monoisotopic (exact) mass is 305 g/mol. The maximum absolute atomic E-state index is 12.1. The number of carbonyl (C=O) groups is 1. The van der Waals surface area contributed by atoms with Crippen LogP contribution in [-0.2, 0) is 10.0 Å². The third-order valence-corrected chi connectivity index (χ3v) is 5.95. The molecule has 1 aromatic rings. The second-order valence-corrected chi connectivity index (χ2v) is 8.03. The van der Waals surface area contributed by atoms with Crippen LogP contribution in [0.4, 0.5) is 0 Å². The van der Waals surface area contributed by atoms with Gasteiger partial charge in [-0.25, -0.2) is 17.9 Å². The maximum atomic E-state index is 12.1. The second-order valence-electron chi connectivity index (χ2n) is 4.64. The summed E-state index contributed by atoms with van der Waals surface area (Å²) in [6, 6.07) is 0. The normalized spacial score (nSPS) is 23.6. The molecule has 7 nitrogen and oxygen atoms in total. The van der Waals surface area contributed by atoms with Gasteiger partial charge in [0.1, 0.15) is 5.56 Å². The number of carboxylic acids is 1. The molecule has 0 radical (unpaired) electrons. The quantitative estimate of drug-likeness (QED) is 0.737. The summed E-state index contributed by atoms with van der Waals surface area (Å²) in [4.78, 5) is 10.9. The zero-order chi connectivity index (χ0) is 14.1. The molecule has 1 unspecified atom stereocenters. The first-order valence-electron chi connectivity index (χ1n) is 5.74. The van der Waals surface area contributed by atoms with Crippen molar-refractivity contribution in [3.05, 3.63) is 11.8 Å². The zero-order valence-corrected chi connectivity index (χ0v) is 12.0. The van der Waals surface area contributed by atoms with Gasteiger partial charge in [0.2, 0.25) is 0 Å². The van der Waals surface area contributed by atoms with E-state index >= 15 is 0 Å². The van der Waals surface area contributed by atoms with E-state index in [1.807, 2.05) is 6.92 Å². The van der Waals surface area contributed by atoms with Crippen LogP contribution in [0.25, 0.3) is 0 Å². The van der Waals surface area contributed by atoms with Gasteiger partial charge < -0.3 is 5.11 Å². The molecular formula is C10H15N3O4S2. The van der Waals surface area contributed by atoms with E-state index < -0.39 is 21.0 Å². The fourth-order valence-electron chi connectivity index (χ4n) is 1.93. The lowest BCUT2D eigenvalue weighted by atomic mass is 10.1. The van der Waals surface area contributed by atoms with Crippen LogP contribution in [0.15, 0.2) is 11.2 Å². The van der Waals surface area contributed by atoms with Crippen molar-refractivity contribution >= 4 is 27.8 Å². The summed E-state index contributed by atoms with van der Waals surface area (Å²) in [5, 5.41) is 14.2. The van der Waals surface area contributed by atoms with Crippen molar-refractivity contribution in [2.24, 2.45) is 0 Å². The molecule has 2 rings (SSSR count). The summed E-state index contributed by atoms with van der Waals surface area (Å²) in [7, 11) is -3.88. The number of aromatic nitrogens is 2. The Labute approximate surface area is 115 Å². The molecule has 1 saturated heterocycles. The summed E-state index contributed by atoms with van der Waals surface area (Å²) in [5.74, 6) is -0.307. The molecule has 1 atom stereocenters. The lowest BCUT2D eigenvalue weighted by Crippen LogP contribution is -2.37. The maximum Gasteiger partial charge on any atom is 0.340 e. The Morgan fingerprint density at radius 3 is 3.00 bits per heavy atom. The van der Waals surface area contributed by atoms with Gasteiger partial charge in [0.15, 0.2) is 5.03 Å². The number of H-pyrrole nitrogens is 1. The third-order valence-electron chi connectivity index (χ3n) is 3.04. The average molecular weight is 305 g/mol. The summed E-state index contributed by atoms with van der Waals surface area (Å²) in [6.45, 7) is 2.27. The third kappa shape index (κ3) is 3.10. The molecule has 0 saturated carbocycles. The fourth-order valence-corrected chi connectivity index (χ4v) is 4.52. The first-order valence-corrected chi connectivity index (χ1v) is 8.21. The topological polar surface area (TPSA) is 112 Å². The summed E-state index contributed by atoms with van der Waals surface area (Å²) in [5.41, 5.74) is -0.350. The number of aromatic carboxylic acids is 1. The molecular weight excluding hydrogens is 290 g/mol. The standard InChI is InChI=1S/C10H15N3O4S2/c1-10(3-2-4-18-10)6-12-19(16,17)8-7(9(14)15)5-11-13-8/h5,12H,2-4,6H2,1H3,(H,11,13)(H,14,15). The van der Waals surface area contributed by atoms with Crippen molar-refractivity contribution < 1.29 is 18.3 Å². The van der Waals surface area contributed by atoms with E-state index in [1.165, 1.54) is 0 Å². The molecule has 1 fully saturated rings. The predicted octanol–water partition coefficient (Wildman–Crippen LogP) is 0.672. The van der Waals surface area contributed by atoms with Crippen molar-refractivity contribution in [3.63, 3.8) is 0 Å². The van der Waals surface area contributed by atoms with E-state index in [2.05, 4.69) is 14.9 Å². The fraction of sp³-hybridized carbons (Fsp3) is 0.600. The summed E-state index contributed by atoms with van der Waals surface area (Å²) >= 11 is 1.72. The van der Waals surface area contributed by atoms with Gasteiger partial charge in [-0.1, -0.05) is 0 Å². The van der Waals surface area contributed by atoms with E-state index in [9.17, 15) is 13.2 Å². The minimum Gasteiger partial charge on any atom is -0.478 e.